The summed E-state index contributed by atoms with van der Waals surface area (Å²) in [5, 5.41) is 12.3. The molecular weight excluding hydrogens is 444 g/mol. The SMILES string of the molecule is CC(NC(=O)NCC(c1cccs1)c1c[nH]c2ccccc12)c1ccc(NC(=O)C2CC2)cc1. The molecule has 0 aliphatic heterocycles. The Labute approximate surface area is 202 Å². The van der Waals surface area contributed by atoms with Gasteiger partial charge in [-0.2, -0.15) is 0 Å². The molecule has 2 aromatic carbocycles. The van der Waals surface area contributed by atoms with Crippen LogP contribution in [-0.4, -0.2) is 23.5 Å². The summed E-state index contributed by atoms with van der Waals surface area (Å²) in [5.41, 5.74) is 4.03. The summed E-state index contributed by atoms with van der Waals surface area (Å²) < 4.78 is 0. The molecule has 0 radical (unpaired) electrons. The average Bonchev–Trinajstić information content (AvgIpc) is 3.40. The van der Waals surface area contributed by atoms with Gasteiger partial charge in [0, 0.05) is 46.0 Å². The van der Waals surface area contributed by atoms with Gasteiger partial charge in [-0.05, 0) is 60.5 Å². The van der Waals surface area contributed by atoms with E-state index < -0.39 is 0 Å². The Morgan fingerprint density at radius 3 is 2.59 bits per heavy atom. The van der Waals surface area contributed by atoms with Crippen molar-refractivity contribution in [2.45, 2.75) is 31.7 Å². The second kappa shape index (κ2) is 9.73. The minimum Gasteiger partial charge on any atom is -0.361 e. The van der Waals surface area contributed by atoms with Crippen LogP contribution in [0.2, 0.25) is 0 Å². The van der Waals surface area contributed by atoms with Crippen molar-refractivity contribution in [1.82, 2.24) is 15.6 Å². The normalized spacial score (nSPS) is 15.0. The first-order chi connectivity index (χ1) is 16.6. The van der Waals surface area contributed by atoms with E-state index in [1.165, 1.54) is 15.8 Å². The lowest BCUT2D eigenvalue weighted by Gasteiger charge is -2.19. The van der Waals surface area contributed by atoms with Crippen molar-refractivity contribution in [2.75, 3.05) is 11.9 Å². The number of carbonyl (C=O) groups excluding carboxylic acids is 2. The smallest absolute Gasteiger partial charge is 0.315 e. The molecule has 6 nitrogen and oxygen atoms in total. The van der Waals surface area contributed by atoms with Crippen molar-refractivity contribution < 1.29 is 9.59 Å². The Morgan fingerprint density at radius 1 is 1.06 bits per heavy atom. The van der Waals surface area contributed by atoms with Crippen molar-refractivity contribution in [2.24, 2.45) is 5.92 Å². The van der Waals surface area contributed by atoms with Gasteiger partial charge >= 0.3 is 6.03 Å². The maximum atomic E-state index is 12.7. The third-order valence-corrected chi connectivity index (χ3v) is 7.31. The standard InChI is InChI=1S/C27H28N4O2S/c1-17(18-10-12-20(13-11-18)31-26(32)19-8-9-19)30-27(33)29-16-23(25-7-4-14-34-25)22-15-28-24-6-3-2-5-21(22)24/h2-7,10-15,17,19,23,28H,8-9,16H2,1H3,(H,31,32)(H2,29,30,33). The number of hydrogen-bond acceptors (Lipinski definition) is 3. The van der Waals surface area contributed by atoms with Crippen LogP contribution in [0.4, 0.5) is 10.5 Å². The van der Waals surface area contributed by atoms with Gasteiger partial charge in [-0.1, -0.05) is 36.4 Å². The number of thiophene rings is 1. The van der Waals surface area contributed by atoms with Gasteiger partial charge < -0.3 is 20.9 Å². The zero-order valence-corrected chi connectivity index (χ0v) is 19.8. The van der Waals surface area contributed by atoms with Crippen molar-refractivity contribution in [3.05, 3.63) is 88.2 Å². The number of urea groups is 1. The number of aromatic nitrogens is 1. The summed E-state index contributed by atoms with van der Waals surface area (Å²) >= 11 is 1.70. The molecule has 0 saturated heterocycles. The van der Waals surface area contributed by atoms with Gasteiger partial charge in [0.1, 0.15) is 0 Å². The van der Waals surface area contributed by atoms with Crippen LogP contribution >= 0.6 is 11.3 Å². The Balaban J connectivity index is 1.21. The first kappa shape index (κ1) is 22.2. The fourth-order valence-corrected chi connectivity index (χ4v) is 5.05. The van der Waals surface area contributed by atoms with Crippen molar-refractivity contribution in [3.63, 3.8) is 0 Å². The lowest BCUT2D eigenvalue weighted by molar-refractivity contribution is -0.117. The minimum atomic E-state index is -0.208. The van der Waals surface area contributed by atoms with Crippen LogP contribution in [-0.2, 0) is 4.79 Å². The number of para-hydroxylation sites is 1. The van der Waals surface area contributed by atoms with E-state index in [0.29, 0.717) is 6.54 Å². The van der Waals surface area contributed by atoms with Gasteiger partial charge in [0.15, 0.2) is 0 Å². The maximum Gasteiger partial charge on any atom is 0.315 e. The van der Waals surface area contributed by atoms with Crippen LogP contribution in [0.3, 0.4) is 0 Å². The summed E-state index contributed by atoms with van der Waals surface area (Å²) in [7, 11) is 0. The van der Waals surface area contributed by atoms with Crippen LogP contribution in [0.15, 0.2) is 72.2 Å². The highest BCUT2D eigenvalue weighted by molar-refractivity contribution is 7.10. The summed E-state index contributed by atoms with van der Waals surface area (Å²) in [6, 6.07) is 19.7. The first-order valence-corrected chi connectivity index (χ1v) is 12.5. The molecule has 34 heavy (non-hydrogen) atoms. The van der Waals surface area contributed by atoms with E-state index in [1.807, 2.05) is 55.6 Å². The Morgan fingerprint density at radius 2 is 1.85 bits per heavy atom. The molecule has 174 valence electrons. The zero-order valence-electron chi connectivity index (χ0n) is 19.0. The predicted octanol–water partition coefficient (Wildman–Crippen LogP) is 5.77. The number of fused-ring (bicyclic) bond motifs is 1. The van der Waals surface area contributed by atoms with E-state index in [1.54, 1.807) is 11.3 Å². The van der Waals surface area contributed by atoms with Gasteiger partial charge in [0.05, 0.1) is 6.04 Å². The van der Waals surface area contributed by atoms with Gasteiger partial charge in [-0.25, -0.2) is 4.79 Å². The number of rotatable bonds is 8. The van der Waals surface area contributed by atoms with Crippen LogP contribution < -0.4 is 16.0 Å². The van der Waals surface area contributed by atoms with E-state index in [0.717, 1.165) is 29.6 Å². The lowest BCUT2D eigenvalue weighted by Crippen LogP contribution is -2.39. The number of anilines is 1. The predicted molar refractivity (Wildman–Crippen MR) is 137 cm³/mol. The van der Waals surface area contributed by atoms with Gasteiger partial charge in [-0.15, -0.1) is 11.3 Å². The number of benzene rings is 2. The molecule has 0 bridgehead atoms. The molecule has 4 N–H and O–H groups in total. The van der Waals surface area contributed by atoms with Gasteiger partial charge in [0.2, 0.25) is 5.91 Å². The number of aromatic amines is 1. The van der Waals surface area contributed by atoms with Crippen LogP contribution in [0, 0.1) is 5.92 Å². The largest absolute Gasteiger partial charge is 0.361 e. The van der Waals surface area contributed by atoms with E-state index in [4.69, 9.17) is 0 Å². The molecule has 4 aromatic rings. The van der Waals surface area contributed by atoms with Crippen molar-refractivity contribution in [3.8, 4) is 0 Å². The Bertz CT molecular complexity index is 1280. The molecule has 1 saturated carbocycles. The highest BCUT2D eigenvalue weighted by atomic mass is 32.1. The molecule has 1 aliphatic carbocycles. The second-order valence-electron chi connectivity index (χ2n) is 8.82. The third-order valence-electron chi connectivity index (χ3n) is 6.32. The minimum absolute atomic E-state index is 0.0616. The number of nitrogens with one attached hydrogen (secondary N) is 4. The zero-order chi connectivity index (χ0) is 23.5. The summed E-state index contributed by atoms with van der Waals surface area (Å²) in [6.45, 7) is 2.45. The molecule has 1 fully saturated rings. The van der Waals surface area contributed by atoms with E-state index in [2.05, 4.69) is 44.5 Å². The quantitative estimate of drug-likeness (QED) is 0.262. The van der Waals surface area contributed by atoms with Crippen LogP contribution in [0.5, 0.6) is 0 Å². The van der Waals surface area contributed by atoms with Crippen molar-refractivity contribution in [1.29, 1.82) is 0 Å². The maximum absolute atomic E-state index is 12.7. The fraction of sp³-hybridized carbons (Fsp3) is 0.259. The highest BCUT2D eigenvalue weighted by Crippen LogP contribution is 2.33. The summed E-state index contributed by atoms with van der Waals surface area (Å²) in [4.78, 5) is 29.2. The highest BCUT2D eigenvalue weighted by Gasteiger charge is 2.29. The van der Waals surface area contributed by atoms with Gasteiger partial charge in [0.25, 0.3) is 0 Å². The number of H-pyrrole nitrogens is 1. The first-order valence-electron chi connectivity index (χ1n) is 11.6. The molecule has 5 rings (SSSR count). The van der Waals surface area contributed by atoms with E-state index in [-0.39, 0.29) is 29.8 Å². The topological polar surface area (TPSA) is 86.0 Å². The van der Waals surface area contributed by atoms with Crippen LogP contribution in [0.25, 0.3) is 10.9 Å². The third kappa shape index (κ3) is 4.99. The molecule has 2 unspecified atom stereocenters. The fourth-order valence-electron chi connectivity index (χ4n) is 4.21. The average molecular weight is 473 g/mol. The van der Waals surface area contributed by atoms with Gasteiger partial charge in [-0.3, -0.25) is 4.79 Å². The molecule has 7 heteroatoms. The van der Waals surface area contributed by atoms with Crippen molar-refractivity contribution >= 4 is 39.9 Å². The summed E-state index contributed by atoms with van der Waals surface area (Å²) in [6.07, 6.45) is 4.00. The monoisotopic (exact) mass is 472 g/mol. The number of hydrogen-bond donors (Lipinski definition) is 4. The lowest BCUT2D eigenvalue weighted by atomic mass is 9.97. The summed E-state index contributed by atoms with van der Waals surface area (Å²) in [5.74, 6) is 0.326. The molecule has 2 heterocycles. The number of amides is 3. The molecule has 3 amide bonds. The van der Waals surface area contributed by atoms with E-state index >= 15 is 0 Å². The number of carbonyl (C=O) groups is 2. The molecule has 0 spiro atoms. The van der Waals surface area contributed by atoms with E-state index in [9.17, 15) is 9.59 Å². The molecule has 2 aromatic heterocycles. The molecular formula is C27H28N4O2S. The second-order valence-corrected chi connectivity index (χ2v) is 9.80. The Kier molecular flexibility index (Phi) is 6.36. The Hall–Kier alpha value is -3.58. The molecule has 1 aliphatic rings. The van der Waals surface area contributed by atoms with Crippen LogP contribution in [0.1, 0.15) is 47.7 Å². The molecule has 2 atom stereocenters.